The standard InChI is InChI=1S/C25H21FN2O3/c26-21-11-13-23(14-12-21)29-18-22-15-24(30-16-19-7-3-1-4-8-19)25(28-27-22)31-17-20-9-5-2-6-10-20/h1-15H,16-18H2. The number of hydrogen-bond acceptors (Lipinski definition) is 5. The summed E-state index contributed by atoms with van der Waals surface area (Å²) in [5.41, 5.74) is 2.61. The molecule has 0 aliphatic heterocycles. The molecule has 0 bridgehead atoms. The lowest BCUT2D eigenvalue weighted by atomic mass is 10.2. The van der Waals surface area contributed by atoms with Gasteiger partial charge in [-0.1, -0.05) is 60.7 Å². The van der Waals surface area contributed by atoms with E-state index in [9.17, 15) is 4.39 Å². The van der Waals surface area contributed by atoms with Crippen LogP contribution in [0.2, 0.25) is 0 Å². The Morgan fingerprint density at radius 1 is 0.613 bits per heavy atom. The second kappa shape index (κ2) is 10.2. The van der Waals surface area contributed by atoms with Gasteiger partial charge in [0.25, 0.3) is 5.88 Å². The van der Waals surface area contributed by atoms with Gasteiger partial charge in [0.2, 0.25) is 0 Å². The molecule has 0 amide bonds. The molecular weight excluding hydrogens is 395 g/mol. The van der Waals surface area contributed by atoms with Crippen molar-refractivity contribution in [1.29, 1.82) is 0 Å². The van der Waals surface area contributed by atoms with E-state index in [0.29, 0.717) is 36.3 Å². The van der Waals surface area contributed by atoms with Gasteiger partial charge in [0.15, 0.2) is 5.75 Å². The third-order valence-electron chi connectivity index (χ3n) is 4.43. The fraction of sp³-hybridized carbons (Fsp3) is 0.120. The van der Waals surface area contributed by atoms with Gasteiger partial charge in [-0.3, -0.25) is 0 Å². The molecule has 0 spiro atoms. The van der Waals surface area contributed by atoms with Crippen molar-refractivity contribution in [2.45, 2.75) is 19.8 Å². The molecule has 0 atom stereocenters. The van der Waals surface area contributed by atoms with E-state index >= 15 is 0 Å². The Morgan fingerprint density at radius 2 is 1.23 bits per heavy atom. The summed E-state index contributed by atoms with van der Waals surface area (Å²) in [6.07, 6.45) is 0. The summed E-state index contributed by atoms with van der Waals surface area (Å²) in [6.45, 7) is 0.883. The Hall–Kier alpha value is -3.93. The molecule has 4 rings (SSSR count). The van der Waals surface area contributed by atoms with Gasteiger partial charge in [-0.2, -0.15) is 0 Å². The van der Waals surface area contributed by atoms with Crippen molar-refractivity contribution in [3.8, 4) is 17.4 Å². The quantitative estimate of drug-likeness (QED) is 0.368. The normalized spacial score (nSPS) is 10.5. The van der Waals surface area contributed by atoms with Crippen LogP contribution in [0.3, 0.4) is 0 Å². The van der Waals surface area contributed by atoms with E-state index in [2.05, 4.69) is 10.2 Å². The van der Waals surface area contributed by atoms with E-state index < -0.39 is 0 Å². The number of nitrogens with zero attached hydrogens (tertiary/aromatic N) is 2. The molecule has 0 radical (unpaired) electrons. The van der Waals surface area contributed by atoms with E-state index in [1.807, 2.05) is 60.7 Å². The first-order valence-corrected chi connectivity index (χ1v) is 9.85. The summed E-state index contributed by atoms with van der Waals surface area (Å²) in [5, 5.41) is 8.38. The highest BCUT2D eigenvalue weighted by Crippen LogP contribution is 2.27. The maximum atomic E-state index is 13.1. The fourth-order valence-corrected chi connectivity index (χ4v) is 2.82. The van der Waals surface area contributed by atoms with Gasteiger partial charge in [0.05, 0.1) is 0 Å². The minimum absolute atomic E-state index is 0.166. The highest BCUT2D eigenvalue weighted by molar-refractivity contribution is 5.34. The predicted octanol–water partition coefficient (Wildman–Crippen LogP) is 5.35. The average Bonchev–Trinajstić information content (AvgIpc) is 2.83. The summed E-state index contributed by atoms with van der Waals surface area (Å²) < 4.78 is 30.6. The Bertz CT molecular complexity index is 1090. The fourth-order valence-electron chi connectivity index (χ4n) is 2.82. The molecule has 0 unspecified atom stereocenters. The number of benzene rings is 3. The van der Waals surface area contributed by atoms with Gasteiger partial charge >= 0.3 is 0 Å². The number of hydrogen-bond donors (Lipinski definition) is 0. The summed E-state index contributed by atoms with van der Waals surface area (Å²) in [4.78, 5) is 0. The highest BCUT2D eigenvalue weighted by atomic mass is 19.1. The Morgan fingerprint density at radius 3 is 1.87 bits per heavy atom. The first-order valence-electron chi connectivity index (χ1n) is 9.85. The minimum atomic E-state index is -0.316. The molecule has 1 aromatic heterocycles. The Balaban J connectivity index is 1.48. The summed E-state index contributed by atoms with van der Waals surface area (Å²) in [7, 11) is 0. The van der Waals surface area contributed by atoms with Crippen molar-refractivity contribution < 1.29 is 18.6 Å². The summed E-state index contributed by atoms with van der Waals surface area (Å²) in [5.74, 6) is 1.01. The van der Waals surface area contributed by atoms with Crippen molar-refractivity contribution in [1.82, 2.24) is 10.2 Å². The Labute approximate surface area is 180 Å². The van der Waals surface area contributed by atoms with Gasteiger partial charge in [0.1, 0.15) is 37.1 Å². The molecule has 0 aliphatic rings. The van der Waals surface area contributed by atoms with Crippen molar-refractivity contribution in [3.63, 3.8) is 0 Å². The van der Waals surface area contributed by atoms with Gasteiger partial charge in [0, 0.05) is 6.07 Å². The number of rotatable bonds is 9. The van der Waals surface area contributed by atoms with E-state index in [-0.39, 0.29) is 12.4 Å². The highest BCUT2D eigenvalue weighted by Gasteiger charge is 2.12. The molecule has 5 nitrogen and oxygen atoms in total. The van der Waals surface area contributed by atoms with E-state index in [1.165, 1.54) is 12.1 Å². The average molecular weight is 416 g/mol. The van der Waals surface area contributed by atoms with Crippen LogP contribution >= 0.6 is 0 Å². The van der Waals surface area contributed by atoms with Crippen molar-refractivity contribution in [2.24, 2.45) is 0 Å². The zero-order valence-electron chi connectivity index (χ0n) is 16.8. The molecule has 0 saturated heterocycles. The van der Waals surface area contributed by atoms with Crippen LogP contribution < -0.4 is 14.2 Å². The van der Waals surface area contributed by atoms with Crippen LogP contribution in [0, 0.1) is 5.82 Å². The monoisotopic (exact) mass is 416 g/mol. The van der Waals surface area contributed by atoms with Gasteiger partial charge in [-0.15, -0.1) is 10.2 Å². The van der Waals surface area contributed by atoms with Crippen LogP contribution in [0.15, 0.2) is 91.0 Å². The molecule has 0 saturated carbocycles. The number of halogens is 1. The van der Waals surface area contributed by atoms with Crippen LogP contribution in [-0.2, 0) is 19.8 Å². The van der Waals surface area contributed by atoms with Crippen LogP contribution in [0.4, 0.5) is 4.39 Å². The number of aromatic nitrogens is 2. The molecule has 156 valence electrons. The third-order valence-corrected chi connectivity index (χ3v) is 4.43. The van der Waals surface area contributed by atoms with Crippen molar-refractivity contribution in [3.05, 3.63) is 114 Å². The maximum Gasteiger partial charge on any atom is 0.276 e. The second-order valence-electron chi connectivity index (χ2n) is 6.80. The van der Waals surface area contributed by atoms with E-state index in [1.54, 1.807) is 18.2 Å². The lowest BCUT2D eigenvalue weighted by Crippen LogP contribution is -2.06. The summed E-state index contributed by atoms with van der Waals surface area (Å²) in [6, 6.07) is 27.2. The molecule has 0 fully saturated rings. The molecule has 1 heterocycles. The topological polar surface area (TPSA) is 53.5 Å². The lowest BCUT2D eigenvalue weighted by Gasteiger charge is -2.13. The predicted molar refractivity (Wildman–Crippen MR) is 114 cm³/mol. The molecule has 3 aromatic carbocycles. The lowest BCUT2D eigenvalue weighted by molar-refractivity contribution is 0.240. The van der Waals surface area contributed by atoms with Crippen LogP contribution in [-0.4, -0.2) is 10.2 Å². The van der Waals surface area contributed by atoms with Gasteiger partial charge in [-0.25, -0.2) is 4.39 Å². The van der Waals surface area contributed by atoms with Gasteiger partial charge < -0.3 is 14.2 Å². The molecule has 4 aromatic rings. The smallest absolute Gasteiger partial charge is 0.276 e. The summed E-state index contributed by atoms with van der Waals surface area (Å²) >= 11 is 0. The van der Waals surface area contributed by atoms with Gasteiger partial charge in [-0.05, 0) is 35.4 Å². The first-order chi connectivity index (χ1) is 15.3. The Kier molecular flexibility index (Phi) is 6.70. The SMILES string of the molecule is Fc1ccc(OCc2cc(OCc3ccccc3)c(OCc3ccccc3)nn2)cc1. The van der Waals surface area contributed by atoms with Crippen LogP contribution in [0.25, 0.3) is 0 Å². The molecule has 0 aliphatic carbocycles. The zero-order valence-corrected chi connectivity index (χ0v) is 16.8. The largest absolute Gasteiger partial charge is 0.487 e. The molecule has 0 N–H and O–H groups in total. The van der Waals surface area contributed by atoms with Crippen molar-refractivity contribution in [2.75, 3.05) is 0 Å². The molecule has 31 heavy (non-hydrogen) atoms. The van der Waals surface area contributed by atoms with Crippen LogP contribution in [0.1, 0.15) is 16.8 Å². The van der Waals surface area contributed by atoms with E-state index in [0.717, 1.165) is 11.1 Å². The third kappa shape index (κ3) is 6.02. The van der Waals surface area contributed by atoms with Crippen molar-refractivity contribution >= 4 is 0 Å². The van der Waals surface area contributed by atoms with Crippen LogP contribution in [0.5, 0.6) is 17.4 Å². The zero-order chi connectivity index (χ0) is 21.3. The second-order valence-corrected chi connectivity index (χ2v) is 6.80. The number of ether oxygens (including phenoxy) is 3. The maximum absolute atomic E-state index is 13.1. The molecule has 6 heteroatoms. The molecular formula is C25H21FN2O3. The van der Waals surface area contributed by atoms with E-state index in [4.69, 9.17) is 14.2 Å². The first kappa shape index (κ1) is 20.3. The minimum Gasteiger partial charge on any atom is -0.487 e.